The molecule has 2 aromatic heterocycles. The van der Waals surface area contributed by atoms with Crippen molar-refractivity contribution in [3.8, 4) is 5.69 Å². The predicted octanol–water partition coefficient (Wildman–Crippen LogP) is 3.58. The quantitative estimate of drug-likeness (QED) is 0.473. The summed E-state index contributed by atoms with van der Waals surface area (Å²) in [5.74, 6) is -1.83. The van der Waals surface area contributed by atoms with Gasteiger partial charge in [-0.25, -0.2) is 9.07 Å². The number of rotatable bonds is 4. The third-order valence-electron chi connectivity index (χ3n) is 6.79. The Kier molecular flexibility index (Phi) is 5.10. The first kappa shape index (κ1) is 22.0. The minimum absolute atomic E-state index is 0.0374. The van der Waals surface area contributed by atoms with E-state index in [2.05, 4.69) is 5.10 Å². The standard InChI is InChI=1S/C26H22FN5O4/c27-19-14-16(4-6-20(19)31-10-2-1-3-22(31)33)30-11-8-18-23(25(28)34)29-32(24(18)26(30)35)17-5-7-21-15(13-17)9-12-36-21/h4-7,9,12-14H,1-3,8,10-11H2,(H2,28,34). The number of carbonyl (C=O) groups is 3. The number of fused-ring (bicyclic) bond motifs is 2. The number of anilines is 2. The molecule has 10 heteroatoms. The van der Waals surface area contributed by atoms with Crippen LogP contribution in [0.15, 0.2) is 53.1 Å². The zero-order valence-electron chi connectivity index (χ0n) is 19.2. The first-order chi connectivity index (χ1) is 17.4. The maximum absolute atomic E-state index is 15.1. The third-order valence-corrected chi connectivity index (χ3v) is 6.79. The van der Waals surface area contributed by atoms with E-state index < -0.39 is 17.6 Å². The number of nitrogens with zero attached hydrogens (tertiary/aromatic N) is 4. The molecule has 1 saturated heterocycles. The summed E-state index contributed by atoms with van der Waals surface area (Å²) in [6.07, 6.45) is 3.89. The van der Waals surface area contributed by atoms with E-state index in [0.717, 1.165) is 18.2 Å². The Morgan fingerprint density at radius 3 is 2.58 bits per heavy atom. The van der Waals surface area contributed by atoms with E-state index >= 15 is 4.39 Å². The molecule has 6 rings (SSSR count). The van der Waals surface area contributed by atoms with Gasteiger partial charge in [0.1, 0.15) is 17.1 Å². The molecule has 0 aliphatic carbocycles. The van der Waals surface area contributed by atoms with Gasteiger partial charge in [-0.2, -0.15) is 5.10 Å². The van der Waals surface area contributed by atoms with Crippen molar-refractivity contribution in [2.75, 3.05) is 22.9 Å². The molecule has 36 heavy (non-hydrogen) atoms. The van der Waals surface area contributed by atoms with E-state index in [1.807, 2.05) is 0 Å². The Hall–Kier alpha value is -4.47. The van der Waals surface area contributed by atoms with Crippen LogP contribution in [0.4, 0.5) is 15.8 Å². The molecule has 0 atom stereocenters. The molecule has 0 radical (unpaired) electrons. The SMILES string of the molecule is NC(=O)c1nn(-c2ccc3occc3c2)c2c1CCN(c1ccc(N3CCCCC3=O)c(F)c1)C2=O. The summed E-state index contributed by atoms with van der Waals surface area (Å²) in [6.45, 7) is 0.692. The van der Waals surface area contributed by atoms with Gasteiger partial charge in [0.05, 0.1) is 17.6 Å². The van der Waals surface area contributed by atoms with Gasteiger partial charge in [-0.15, -0.1) is 0 Å². The molecular weight excluding hydrogens is 465 g/mol. The van der Waals surface area contributed by atoms with Crippen LogP contribution in [0.3, 0.4) is 0 Å². The van der Waals surface area contributed by atoms with Crippen molar-refractivity contribution in [1.29, 1.82) is 0 Å². The van der Waals surface area contributed by atoms with Gasteiger partial charge < -0.3 is 20.0 Å². The Labute approximate surface area is 204 Å². The van der Waals surface area contributed by atoms with Crippen LogP contribution >= 0.6 is 0 Å². The van der Waals surface area contributed by atoms with Crippen molar-refractivity contribution in [2.45, 2.75) is 25.7 Å². The van der Waals surface area contributed by atoms with Crippen LogP contribution in [0, 0.1) is 5.82 Å². The first-order valence-electron chi connectivity index (χ1n) is 11.7. The predicted molar refractivity (Wildman–Crippen MR) is 130 cm³/mol. The first-order valence-corrected chi connectivity index (χ1v) is 11.7. The molecule has 0 saturated carbocycles. The van der Waals surface area contributed by atoms with Crippen LogP contribution in [0.25, 0.3) is 16.7 Å². The van der Waals surface area contributed by atoms with Crippen molar-refractivity contribution in [2.24, 2.45) is 5.73 Å². The Balaban J connectivity index is 1.40. The zero-order valence-corrected chi connectivity index (χ0v) is 19.2. The molecule has 9 nitrogen and oxygen atoms in total. The fraction of sp³-hybridized carbons (Fsp3) is 0.231. The minimum Gasteiger partial charge on any atom is -0.464 e. The molecule has 2 aliphatic heterocycles. The Morgan fingerprint density at radius 2 is 1.81 bits per heavy atom. The van der Waals surface area contributed by atoms with Crippen LogP contribution in [-0.4, -0.2) is 40.6 Å². The Bertz CT molecular complexity index is 1560. The van der Waals surface area contributed by atoms with Crippen molar-refractivity contribution in [3.63, 3.8) is 0 Å². The molecule has 2 aliphatic rings. The lowest BCUT2D eigenvalue weighted by Gasteiger charge is -2.30. The number of benzene rings is 2. The molecule has 2 aromatic carbocycles. The van der Waals surface area contributed by atoms with E-state index in [4.69, 9.17) is 10.2 Å². The topological polar surface area (TPSA) is 115 Å². The van der Waals surface area contributed by atoms with Crippen LogP contribution in [0.5, 0.6) is 0 Å². The maximum atomic E-state index is 15.1. The summed E-state index contributed by atoms with van der Waals surface area (Å²) in [5.41, 5.74) is 8.08. The summed E-state index contributed by atoms with van der Waals surface area (Å²) in [5, 5.41) is 5.19. The molecule has 2 N–H and O–H groups in total. The highest BCUT2D eigenvalue weighted by atomic mass is 19.1. The lowest BCUT2D eigenvalue weighted by Crippen LogP contribution is -2.39. The van der Waals surface area contributed by atoms with Gasteiger partial charge in [0.2, 0.25) is 5.91 Å². The number of aromatic nitrogens is 2. The molecule has 1 fully saturated rings. The fourth-order valence-corrected chi connectivity index (χ4v) is 5.02. The number of piperidine rings is 1. The number of furan rings is 1. The average molecular weight is 487 g/mol. The number of hydrogen-bond donors (Lipinski definition) is 1. The van der Waals surface area contributed by atoms with Crippen LogP contribution in [-0.2, 0) is 11.2 Å². The van der Waals surface area contributed by atoms with E-state index in [1.54, 1.807) is 36.6 Å². The van der Waals surface area contributed by atoms with Gasteiger partial charge in [-0.3, -0.25) is 14.4 Å². The fourth-order valence-electron chi connectivity index (χ4n) is 5.02. The number of halogens is 1. The smallest absolute Gasteiger partial charge is 0.277 e. The largest absolute Gasteiger partial charge is 0.464 e. The molecule has 0 unspecified atom stereocenters. The lowest BCUT2D eigenvalue weighted by molar-refractivity contribution is -0.119. The normalized spacial score (nSPS) is 16.0. The second kappa shape index (κ2) is 8.33. The van der Waals surface area contributed by atoms with Gasteiger partial charge in [-0.05, 0) is 61.7 Å². The van der Waals surface area contributed by atoms with Gasteiger partial charge in [0, 0.05) is 36.1 Å². The molecular formula is C26H22FN5O4. The van der Waals surface area contributed by atoms with Crippen LogP contribution < -0.4 is 15.5 Å². The minimum atomic E-state index is -0.725. The zero-order chi connectivity index (χ0) is 25.0. The number of amides is 3. The monoisotopic (exact) mass is 487 g/mol. The van der Waals surface area contributed by atoms with Crippen LogP contribution in [0.2, 0.25) is 0 Å². The molecule has 182 valence electrons. The molecule has 0 spiro atoms. The summed E-state index contributed by atoms with van der Waals surface area (Å²) < 4.78 is 21.9. The van der Waals surface area contributed by atoms with E-state index in [1.165, 1.54) is 26.6 Å². The van der Waals surface area contributed by atoms with E-state index in [9.17, 15) is 14.4 Å². The van der Waals surface area contributed by atoms with Gasteiger partial charge in [0.25, 0.3) is 11.8 Å². The van der Waals surface area contributed by atoms with Gasteiger partial charge >= 0.3 is 0 Å². The number of nitrogens with two attached hydrogens (primary N) is 1. The van der Waals surface area contributed by atoms with Gasteiger partial charge in [0.15, 0.2) is 5.69 Å². The second-order valence-electron chi connectivity index (χ2n) is 8.94. The van der Waals surface area contributed by atoms with Crippen molar-refractivity contribution >= 4 is 40.1 Å². The summed E-state index contributed by atoms with van der Waals surface area (Å²) in [7, 11) is 0. The molecule has 4 heterocycles. The highest BCUT2D eigenvalue weighted by molar-refractivity contribution is 6.09. The highest BCUT2D eigenvalue weighted by Gasteiger charge is 2.35. The van der Waals surface area contributed by atoms with Crippen molar-refractivity contribution in [3.05, 3.63) is 71.5 Å². The van der Waals surface area contributed by atoms with E-state index in [0.29, 0.717) is 41.9 Å². The third kappa shape index (κ3) is 3.44. The number of carbonyl (C=O) groups excluding carboxylic acids is 3. The maximum Gasteiger partial charge on any atom is 0.277 e. The number of hydrogen-bond acceptors (Lipinski definition) is 5. The Morgan fingerprint density at radius 1 is 0.972 bits per heavy atom. The number of primary amides is 1. The van der Waals surface area contributed by atoms with Crippen molar-refractivity contribution < 1.29 is 23.2 Å². The molecule has 3 amide bonds. The summed E-state index contributed by atoms with van der Waals surface area (Å²) in [6, 6.07) is 11.5. The van der Waals surface area contributed by atoms with Gasteiger partial charge in [-0.1, -0.05) is 0 Å². The summed E-state index contributed by atoms with van der Waals surface area (Å²) >= 11 is 0. The average Bonchev–Trinajstić information content (AvgIpc) is 3.49. The second-order valence-corrected chi connectivity index (χ2v) is 8.94. The highest BCUT2D eigenvalue weighted by Crippen LogP contribution is 2.33. The van der Waals surface area contributed by atoms with Crippen LogP contribution in [0.1, 0.15) is 45.8 Å². The lowest BCUT2D eigenvalue weighted by atomic mass is 10.0. The van der Waals surface area contributed by atoms with E-state index in [-0.39, 0.29) is 29.5 Å². The van der Waals surface area contributed by atoms with Crippen molar-refractivity contribution in [1.82, 2.24) is 9.78 Å². The molecule has 0 bridgehead atoms. The molecule has 4 aromatic rings. The summed E-state index contributed by atoms with van der Waals surface area (Å²) in [4.78, 5) is 41.0.